The number of rotatable bonds is 2. The molecular weight excluding hydrogens is 260 g/mol. The van der Waals surface area contributed by atoms with Crippen LogP contribution in [0.3, 0.4) is 0 Å². The molecule has 0 aliphatic carbocycles. The van der Waals surface area contributed by atoms with Crippen LogP contribution in [0.1, 0.15) is 0 Å². The Balaban J connectivity index is 2.09. The molecule has 3 aromatic rings. The molecular formula is C15H11F2N3. The van der Waals surface area contributed by atoms with E-state index in [0.717, 1.165) is 23.6 Å². The Morgan fingerprint density at radius 3 is 2.65 bits per heavy atom. The van der Waals surface area contributed by atoms with Gasteiger partial charge in [-0.05, 0) is 36.4 Å². The highest BCUT2D eigenvalue weighted by atomic mass is 19.1. The minimum atomic E-state index is -0.521. The van der Waals surface area contributed by atoms with E-state index in [-0.39, 0.29) is 5.69 Å². The molecule has 100 valence electrons. The molecule has 0 fully saturated rings. The van der Waals surface area contributed by atoms with Gasteiger partial charge >= 0.3 is 0 Å². The summed E-state index contributed by atoms with van der Waals surface area (Å²) in [5, 5.41) is 3.66. The van der Waals surface area contributed by atoms with Crippen LogP contribution < -0.4 is 11.1 Å². The summed E-state index contributed by atoms with van der Waals surface area (Å²) in [7, 11) is 0. The molecule has 0 bridgehead atoms. The number of nitrogens with zero attached hydrogens (tertiary/aromatic N) is 1. The third-order valence-electron chi connectivity index (χ3n) is 2.96. The molecule has 0 spiro atoms. The Morgan fingerprint density at radius 1 is 0.950 bits per heavy atom. The van der Waals surface area contributed by atoms with Crippen LogP contribution in [-0.4, -0.2) is 4.98 Å². The summed E-state index contributed by atoms with van der Waals surface area (Å²) in [5.41, 5.74) is 7.70. The van der Waals surface area contributed by atoms with Crippen LogP contribution >= 0.6 is 0 Å². The molecule has 0 aliphatic rings. The number of nitrogens with two attached hydrogens (primary N) is 1. The van der Waals surface area contributed by atoms with Gasteiger partial charge in [0.05, 0.1) is 11.2 Å². The lowest BCUT2D eigenvalue weighted by atomic mass is 10.1. The zero-order valence-electron chi connectivity index (χ0n) is 10.4. The number of nitrogen functional groups attached to an aromatic ring is 1. The van der Waals surface area contributed by atoms with Gasteiger partial charge in [0, 0.05) is 29.0 Å². The predicted octanol–water partition coefficient (Wildman–Crippen LogP) is 3.84. The van der Waals surface area contributed by atoms with E-state index in [4.69, 9.17) is 5.73 Å². The molecule has 2 aromatic carbocycles. The van der Waals surface area contributed by atoms with Crippen LogP contribution in [0.2, 0.25) is 0 Å². The molecule has 1 aromatic heterocycles. The van der Waals surface area contributed by atoms with Crippen molar-refractivity contribution in [3.8, 4) is 0 Å². The minimum absolute atomic E-state index is 0.0781. The lowest BCUT2D eigenvalue weighted by molar-refractivity contribution is 0.603. The first-order valence-electron chi connectivity index (χ1n) is 6.00. The van der Waals surface area contributed by atoms with Crippen molar-refractivity contribution in [2.75, 3.05) is 11.1 Å². The molecule has 3 nitrogen and oxygen atoms in total. The van der Waals surface area contributed by atoms with Crippen LogP contribution in [0.15, 0.2) is 48.7 Å². The van der Waals surface area contributed by atoms with E-state index in [1.807, 2.05) is 0 Å². The zero-order chi connectivity index (χ0) is 14.1. The molecule has 5 heteroatoms. The first-order valence-corrected chi connectivity index (χ1v) is 6.00. The van der Waals surface area contributed by atoms with E-state index in [2.05, 4.69) is 10.3 Å². The van der Waals surface area contributed by atoms with Crippen LogP contribution in [-0.2, 0) is 0 Å². The second kappa shape index (κ2) is 4.77. The van der Waals surface area contributed by atoms with Gasteiger partial charge in [-0.25, -0.2) is 8.78 Å². The van der Waals surface area contributed by atoms with E-state index >= 15 is 0 Å². The highest BCUT2D eigenvalue weighted by Crippen LogP contribution is 2.27. The fourth-order valence-corrected chi connectivity index (χ4v) is 2.01. The van der Waals surface area contributed by atoms with Crippen LogP contribution in [0.25, 0.3) is 10.9 Å². The number of pyridine rings is 1. The highest BCUT2D eigenvalue weighted by Gasteiger charge is 2.07. The second-order valence-corrected chi connectivity index (χ2v) is 4.38. The van der Waals surface area contributed by atoms with Crippen LogP contribution in [0.5, 0.6) is 0 Å². The molecule has 0 saturated carbocycles. The van der Waals surface area contributed by atoms with Crippen molar-refractivity contribution in [3.05, 3.63) is 60.3 Å². The van der Waals surface area contributed by atoms with Gasteiger partial charge in [-0.2, -0.15) is 0 Å². The third kappa shape index (κ3) is 2.25. The Bertz CT molecular complexity index is 787. The van der Waals surface area contributed by atoms with Crippen molar-refractivity contribution < 1.29 is 8.78 Å². The van der Waals surface area contributed by atoms with E-state index in [0.29, 0.717) is 16.9 Å². The van der Waals surface area contributed by atoms with Crippen molar-refractivity contribution in [2.45, 2.75) is 0 Å². The molecule has 20 heavy (non-hydrogen) atoms. The molecule has 1 heterocycles. The Labute approximate surface area is 114 Å². The van der Waals surface area contributed by atoms with Crippen molar-refractivity contribution in [3.63, 3.8) is 0 Å². The van der Waals surface area contributed by atoms with Gasteiger partial charge in [-0.1, -0.05) is 0 Å². The first-order chi connectivity index (χ1) is 9.63. The fraction of sp³-hybridized carbons (Fsp3) is 0. The van der Waals surface area contributed by atoms with Gasteiger partial charge in [0.1, 0.15) is 11.6 Å². The SMILES string of the molecule is Nc1ccc2c(Nc3cc(F)ccc3F)ccnc2c1. The summed E-state index contributed by atoms with van der Waals surface area (Å²) in [5.74, 6) is -1.02. The topological polar surface area (TPSA) is 50.9 Å². The summed E-state index contributed by atoms with van der Waals surface area (Å²) < 4.78 is 26.8. The van der Waals surface area contributed by atoms with Crippen molar-refractivity contribution >= 4 is 28.0 Å². The Kier molecular flexibility index (Phi) is 2.95. The van der Waals surface area contributed by atoms with Gasteiger partial charge < -0.3 is 11.1 Å². The normalized spacial score (nSPS) is 10.7. The summed E-state index contributed by atoms with van der Waals surface area (Å²) in [6.45, 7) is 0. The maximum absolute atomic E-state index is 13.7. The van der Waals surface area contributed by atoms with Gasteiger partial charge in [0.2, 0.25) is 0 Å². The van der Waals surface area contributed by atoms with E-state index < -0.39 is 11.6 Å². The van der Waals surface area contributed by atoms with Crippen molar-refractivity contribution in [1.82, 2.24) is 4.98 Å². The molecule has 0 radical (unpaired) electrons. The molecule has 0 saturated heterocycles. The number of fused-ring (bicyclic) bond motifs is 1. The van der Waals surface area contributed by atoms with Gasteiger partial charge in [-0.3, -0.25) is 4.98 Å². The molecule has 3 N–H and O–H groups in total. The van der Waals surface area contributed by atoms with Crippen molar-refractivity contribution in [2.24, 2.45) is 0 Å². The number of anilines is 3. The maximum Gasteiger partial charge on any atom is 0.146 e. The predicted molar refractivity (Wildman–Crippen MR) is 75.8 cm³/mol. The summed E-state index contributed by atoms with van der Waals surface area (Å²) in [6.07, 6.45) is 1.58. The number of benzene rings is 2. The standard InChI is InChI=1S/C15H11F2N3/c16-9-1-4-12(17)15(7-9)20-13-5-6-19-14-8-10(18)2-3-11(13)14/h1-8H,18H2,(H,19,20). The molecule has 0 aliphatic heterocycles. The summed E-state index contributed by atoms with van der Waals surface area (Å²) in [4.78, 5) is 4.20. The van der Waals surface area contributed by atoms with Crippen molar-refractivity contribution in [1.29, 1.82) is 0 Å². The lowest BCUT2D eigenvalue weighted by Gasteiger charge is -2.10. The zero-order valence-corrected chi connectivity index (χ0v) is 10.4. The van der Waals surface area contributed by atoms with E-state index in [9.17, 15) is 8.78 Å². The number of halogens is 2. The number of aromatic nitrogens is 1. The Hall–Kier alpha value is -2.69. The quantitative estimate of drug-likeness (QED) is 0.696. The number of hydrogen-bond acceptors (Lipinski definition) is 3. The average Bonchev–Trinajstić information content (AvgIpc) is 2.43. The Morgan fingerprint density at radius 2 is 1.80 bits per heavy atom. The van der Waals surface area contributed by atoms with Crippen LogP contribution in [0.4, 0.5) is 25.8 Å². The average molecular weight is 271 g/mol. The molecule has 0 unspecified atom stereocenters. The number of nitrogens with one attached hydrogen (secondary N) is 1. The minimum Gasteiger partial charge on any atom is -0.399 e. The van der Waals surface area contributed by atoms with Crippen LogP contribution in [0, 0.1) is 11.6 Å². The van der Waals surface area contributed by atoms with E-state index in [1.165, 1.54) is 0 Å². The highest BCUT2D eigenvalue weighted by molar-refractivity contribution is 5.94. The maximum atomic E-state index is 13.7. The smallest absolute Gasteiger partial charge is 0.146 e. The second-order valence-electron chi connectivity index (χ2n) is 4.38. The largest absolute Gasteiger partial charge is 0.399 e. The molecule has 0 amide bonds. The number of hydrogen-bond donors (Lipinski definition) is 2. The van der Waals surface area contributed by atoms with Gasteiger partial charge in [-0.15, -0.1) is 0 Å². The monoisotopic (exact) mass is 271 g/mol. The van der Waals surface area contributed by atoms with E-state index in [1.54, 1.807) is 30.5 Å². The summed E-state index contributed by atoms with van der Waals surface area (Å²) in [6, 6.07) is 10.2. The molecule has 3 rings (SSSR count). The lowest BCUT2D eigenvalue weighted by Crippen LogP contribution is -1.96. The summed E-state index contributed by atoms with van der Waals surface area (Å²) >= 11 is 0. The fourth-order valence-electron chi connectivity index (χ4n) is 2.01. The third-order valence-corrected chi connectivity index (χ3v) is 2.96. The molecule has 0 atom stereocenters. The first kappa shape index (κ1) is 12.3. The van der Waals surface area contributed by atoms with Gasteiger partial charge in [0.25, 0.3) is 0 Å². The van der Waals surface area contributed by atoms with Gasteiger partial charge in [0.15, 0.2) is 0 Å².